The number of rotatable bonds is 10. The van der Waals surface area contributed by atoms with Crippen molar-refractivity contribution in [1.29, 1.82) is 0 Å². The maximum Gasteiger partial charge on any atom is 0.303 e. The van der Waals surface area contributed by atoms with E-state index in [2.05, 4.69) is 0 Å². The molecule has 1 saturated heterocycles. The van der Waals surface area contributed by atoms with Crippen LogP contribution < -0.4 is 9.47 Å². The van der Waals surface area contributed by atoms with Crippen LogP contribution in [0.3, 0.4) is 0 Å². The van der Waals surface area contributed by atoms with E-state index in [0.29, 0.717) is 45.4 Å². The normalized spacial score (nSPS) is 14.8. The van der Waals surface area contributed by atoms with E-state index in [1.807, 2.05) is 43.3 Å². The summed E-state index contributed by atoms with van der Waals surface area (Å²) in [7, 11) is 0. The first-order valence-corrected chi connectivity index (χ1v) is 11.6. The molecule has 1 amide bonds. The molecule has 2 aromatic carbocycles. The van der Waals surface area contributed by atoms with Crippen molar-refractivity contribution >= 4 is 57.9 Å². The van der Waals surface area contributed by atoms with Crippen LogP contribution >= 0.6 is 35.6 Å². The van der Waals surface area contributed by atoms with Crippen LogP contribution in [0.1, 0.15) is 30.9 Å². The van der Waals surface area contributed by atoms with Crippen molar-refractivity contribution in [3.63, 3.8) is 0 Å². The summed E-state index contributed by atoms with van der Waals surface area (Å²) in [6.07, 6.45) is 2.08. The van der Waals surface area contributed by atoms with Gasteiger partial charge in [-0.25, -0.2) is 0 Å². The predicted octanol–water partition coefficient (Wildman–Crippen LogP) is 5.38. The molecule has 168 valence electrons. The van der Waals surface area contributed by atoms with Crippen molar-refractivity contribution in [2.45, 2.75) is 26.4 Å². The number of carbonyl (C=O) groups is 2. The average Bonchev–Trinajstić information content (AvgIpc) is 3.01. The zero-order valence-corrected chi connectivity index (χ0v) is 19.8. The van der Waals surface area contributed by atoms with Gasteiger partial charge in [-0.05, 0) is 43.2 Å². The highest BCUT2D eigenvalue weighted by atomic mass is 35.5. The molecular weight excluding hydrogens is 470 g/mol. The summed E-state index contributed by atoms with van der Waals surface area (Å²) in [4.78, 5) is 25.3. The van der Waals surface area contributed by atoms with Gasteiger partial charge in [0.2, 0.25) is 0 Å². The number of aliphatic carboxylic acids is 1. The molecule has 0 radical (unpaired) electrons. The third kappa shape index (κ3) is 6.25. The highest BCUT2D eigenvalue weighted by Crippen LogP contribution is 2.35. The summed E-state index contributed by atoms with van der Waals surface area (Å²) in [5.74, 6) is 0.0176. The zero-order chi connectivity index (χ0) is 23.1. The molecule has 0 aromatic heterocycles. The number of hydrogen-bond donors (Lipinski definition) is 1. The molecule has 6 nitrogen and oxygen atoms in total. The Kier molecular flexibility index (Phi) is 8.55. The number of nitrogens with zero attached hydrogens (tertiary/aromatic N) is 1. The lowest BCUT2D eigenvalue weighted by atomic mass is 10.1. The fourth-order valence-corrected chi connectivity index (χ4v) is 4.50. The van der Waals surface area contributed by atoms with Gasteiger partial charge in [-0.1, -0.05) is 59.8 Å². The summed E-state index contributed by atoms with van der Waals surface area (Å²) in [6.45, 7) is 2.92. The van der Waals surface area contributed by atoms with Gasteiger partial charge in [0.05, 0.1) is 11.5 Å². The van der Waals surface area contributed by atoms with Crippen molar-refractivity contribution in [3.8, 4) is 11.5 Å². The first kappa shape index (κ1) is 24.1. The third-order valence-corrected chi connectivity index (χ3v) is 6.30. The molecule has 2 aromatic rings. The molecule has 0 spiro atoms. The van der Waals surface area contributed by atoms with Crippen molar-refractivity contribution in [2.24, 2.45) is 0 Å². The molecular formula is C23H22ClNO5S2. The Bertz CT molecular complexity index is 1060. The SMILES string of the molecule is CCOc1cc(C=C2SC(=S)N(CCCC(=O)O)C2=O)ccc1OCc1ccccc1Cl. The lowest BCUT2D eigenvalue weighted by molar-refractivity contribution is -0.137. The number of thioether (sulfide) groups is 1. The van der Waals surface area contributed by atoms with E-state index in [1.165, 1.54) is 16.7 Å². The molecule has 9 heteroatoms. The van der Waals surface area contributed by atoms with Gasteiger partial charge in [-0.2, -0.15) is 0 Å². The molecule has 1 heterocycles. The highest BCUT2D eigenvalue weighted by Gasteiger charge is 2.31. The second-order valence-corrected chi connectivity index (χ2v) is 8.93. The Morgan fingerprint density at radius 2 is 2.00 bits per heavy atom. The summed E-state index contributed by atoms with van der Waals surface area (Å²) in [5.41, 5.74) is 1.64. The maximum absolute atomic E-state index is 12.7. The molecule has 0 bridgehead atoms. The fraction of sp³-hybridized carbons (Fsp3) is 0.261. The smallest absolute Gasteiger partial charge is 0.303 e. The van der Waals surface area contributed by atoms with Crippen LogP contribution in [0.4, 0.5) is 0 Å². The highest BCUT2D eigenvalue weighted by molar-refractivity contribution is 8.26. The van der Waals surface area contributed by atoms with Crippen LogP contribution in [0.2, 0.25) is 5.02 Å². The van der Waals surface area contributed by atoms with Crippen molar-refractivity contribution in [2.75, 3.05) is 13.2 Å². The predicted molar refractivity (Wildman–Crippen MR) is 130 cm³/mol. The Labute approximate surface area is 201 Å². The Morgan fingerprint density at radius 3 is 2.72 bits per heavy atom. The third-order valence-electron chi connectivity index (χ3n) is 4.55. The van der Waals surface area contributed by atoms with E-state index >= 15 is 0 Å². The monoisotopic (exact) mass is 491 g/mol. The van der Waals surface area contributed by atoms with E-state index in [1.54, 1.807) is 12.1 Å². The number of benzene rings is 2. The number of halogens is 1. The number of hydrogen-bond acceptors (Lipinski definition) is 6. The Balaban J connectivity index is 1.74. The van der Waals surface area contributed by atoms with E-state index < -0.39 is 5.97 Å². The van der Waals surface area contributed by atoms with Gasteiger partial charge < -0.3 is 14.6 Å². The van der Waals surface area contributed by atoms with Gasteiger partial charge in [0, 0.05) is 23.6 Å². The zero-order valence-electron chi connectivity index (χ0n) is 17.4. The van der Waals surface area contributed by atoms with E-state index in [4.69, 9.17) is 38.4 Å². The quantitative estimate of drug-likeness (QED) is 0.353. The molecule has 0 aliphatic carbocycles. The lowest BCUT2D eigenvalue weighted by Gasteiger charge is -2.14. The average molecular weight is 492 g/mol. The van der Waals surface area contributed by atoms with Gasteiger partial charge in [0.1, 0.15) is 10.9 Å². The van der Waals surface area contributed by atoms with E-state index in [9.17, 15) is 9.59 Å². The van der Waals surface area contributed by atoms with Crippen LogP contribution in [0.5, 0.6) is 11.5 Å². The van der Waals surface area contributed by atoms with Gasteiger partial charge >= 0.3 is 5.97 Å². The van der Waals surface area contributed by atoms with Crippen LogP contribution in [0.25, 0.3) is 6.08 Å². The molecule has 0 atom stereocenters. The van der Waals surface area contributed by atoms with Gasteiger partial charge in [-0.15, -0.1) is 0 Å². The largest absolute Gasteiger partial charge is 0.490 e. The summed E-state index contributed by atoms with van der Waals surface area (Å²) in [5, 5.41) is 9.43. The van der Waals surface area contributed by atoms with Crippen molar-refractivity contribution in [1.82, 2.24) is 4.90 Å². The lowest BCUT2D eigenvalue weighted by Crippen LogP contribution is -2.29. The summed E-state index contributed by atoms with van der Waals surface area (Å²) in [6, 6.07) is 12.9. The molecule has 1 aliphatic rings. The van der Waals surface area contributed by atoms with E-state index in [0.717, 1.165) is 11.1 Å². The van der Waals surface area contributed by atoms with Crippen LogP contribution in [0.15, 0.2) is 47.4 Å². The first-order valence-electron chi connectivity index (χ1n) is 9.99. The Morgan fingerprint density at radius 1 is 1.22 bits per heavy atom. The standard InChI is InChI=1S/C23H22ClNO5S2/c1-2-29-19-12-15(9-10-18(19)30-14-16-6-3-4-7-17(16)24)13-20-22(28)25(23(31)32-20)11-5-8-21(26)27/h3-4,6-7,9-10,12-13H,2,5,8,11,14H2,1H3,(H,26,27). The molecule has 1 N–H and O–H groups in total. The molecule has 1 aliphatic heterocycles. The molecule has 0 unspecified atom stereocenters. The number of ether oxygens (including phenoxy) is 2. The van der Waals surface area contributed by atoms with Crippen molar-refractivity contribution < 1.29 is 24.2 Å². The van der Waals surface area contributed by atoms with Gasteiger partial charge in [0.25, 0.3) is 5.91 Å². The maximum atomic E-state index is 12.7. The first-order chi connectivity index (χ1) is 15.4. The number of carbonyl (C=O) groups excluding carboxylic acids is 1. The number of thiocarbonyl (C=S) groups is 1. The number of amides is 1. The number of carboxylic acid groups (broad SMARTS) is 1. The minimum Gasteiger partial charge on any atom is -0.490 e. The second-order valence-electron chi connectivity index (χ2n) is 6.85. The Hall–Kier alpha value is -2.55. The van der Waals surface area contributed by atoms with Crippen molar-refractivity contribution in [3.05, 3.63) is 63.5 Å². The molecule has 32 heavy (non-hydrogen) atoms. The topological polar surface area (TPSA) is 76.1 Å². The summed E-state index contributed by atoms with van der Waals surface area (Å²) >= 11 is 12.7. The van der Waals surface area contributed by atoms with E-state index in [-0.39, 0.29) is 18.9 Å². The van der Waals surface area contributed by atoms with Crippen LogP contribution in [-0.2, 0) is 16.2 Å². The minimum atomic E-state index is -0.897. The second kappa shape index (κ2) is 11.4. The molecule has 0 saturated carbocycles. The van der Waals surface area contributed by atoms with Crippen LogP contribution in [-0.4, -0.2) is 39.4 Å². The fourth-order valence-electron chi connectivity index (χ4n) is 3.01. The van der Waals surface area contributed by atoms with Gasteiger partial charge in [-0.3, -0.25) is 14.5 Å². The van der Waals surface area contributed by atoms with Crippen LogP contribution in [0, 0.1) is 0 Å². The number of carboxylic acids is 1. The summed E-state index contributed by atoms with van der Waals surface area (Å²) < 4.78 is 12.1. The molecule has 1 fully saturated rings. The van der Waals surface area contributed by atoms with Gasteiger partial charge in [0.15, 0.2) is 11.5 Å². The molecule has 3 rings (SSSR count). The minimum absolute atomic E-state index is 0.0104.